The van der Waals surface area contributed by atoms with E-state index in [2.05, 4.69) is 14.8 Å². The molecule has 1 aromatic rings. The van der Waals surface area contributed by atoms with Gasteiger partial charge < -0.3 is 14.8 Å². The van der Waals surface area contributed by atoms with Crippen molar-refractivity contribution in [1.82, 2.24) is 0 Å². The lowest BCUT2D eigenvalue weighted by Gasteiger charge is -2.11. The second-order valence-electron chi connectivity index (χ2n) is 4.35. The van der Waals surface area contributed by atoms with Gasteiger partial charge in [0.25, 0.3) is 0 Å². The number of methoxy groups -OCH3 is 2. The van der Waals surface area contributed by atoms with Gasteiger partial charge in [-0.2, -0.15) is 0 Å². The highest BCUT2D eigenvalue weighted by Crippen LogP contribution is 2.20. The molecule has 0 bridgehead atoms. The van der Waals surface area contributed by atoms with E-state index in [4.69, 9.17) is 0 Å². The summed E-state index contributed by atoms with van der Waals surface area (Å²) in [6.45, 7) is 1.97. The monoisotopic (exact) mass is 293 g/mol. The molecule has 0 aliphatic carbocycles. The maximum absolute atomic E-state index is 11.8. The fourth-order valence-electron chi connectivity index (χ4n) is 1.73. The van der Waals surface area contributed by atoms with Crippen molar-refractivity contribution in [2.24, 2.45) is 0 Å². The number of rotatable bonds is 6. The summed E-state index contributed by atoms with van der Waals surface area (Å²) in [4.78, 5) is 34.5. The van der Waals surface area contributed by atoms with Gasteiger partial charge >= 0.3 is 11.9 Å². The van der Waals surface area contributed by atoms with Crippen LogP contribution in [0.1, 0.15) is 35.7 Å². The summed E-state index contributed by atoms with van der Waals surface area (Å²) in [5, 5.41) is 2.63. The number of carbonyl (C=O) groups is 3. The Labute approximate surface area is 123 Å². The highest BCUT2D eigenvalue weighted by Gasteiger charge is 2.15. The molecular weight excluding hydrogens is 274 g/mol. The zero-order valence-corrected chi connectivity index (χ0v) is 12.4. The number of esters is 2. The number of nitrogens with one attached hydrogen (secondary N) is 1. The molecule has 0 aliphatic rings. The van der Waals surface area contributed by atoms with Crippen LogP contribution in [0.5, 0.6) is 0 Å². The Hall–Kier alpha value is -2.37. The van der Waals surface area contributed by atoms with Gasteiger partial charge in [-0.15, -0.1) is 0 Å². The number of hydrogen-bond acceptors (Lipinski definition) is 5. The van der Waals surface area contributed by atoms with Gasteiger partial charge in [-0.25, -0.2) is 4.79 Å². The molecule has 6 nitrogen and oxygen atoms in total. The molecule has 0 saturated heterocycles. The van der Waals surface area contributed by atoms with Gasteiger partial charge in [0.2, 0.25) is 5.91 Å². The molecule has 1 rings (SSSR count). The first kappa shape index (κ1) is 16.7. The number of ether oxygens (including phenoxy) is 2. The Kier molecular flexibility index (Phi) is 6.39. The first-order valence-electron chi connectivity index (χ1n) is 6.59. The zero-order chi connectivity index (χ0) is 15.8. The van der Waals surface area contributed by atoms with Crippen molar-refractivity contribution in [3.8, 4) is 0 Å². The van der Waals surface area contributed by atoms with E-state index >= 15 is 0 Å². The third-order valence-corrected chi connectivity index (χ3v) is 2.96. The van der Waals surface area contributed by atoms with Gasteiger partial charge in [0.1, 0.15) is 0 Å². The second kappa shape index (κ2) is 8.04. The normalized spacial score (nSPS) is 9.86. The number of hydrogen-bond donors (Lipinski definition) is 1. The van der Waals surface area contributed by atoms with E-state index in [9.17, 15) is 14.4 Å². The third kappa shape index (κ3) is 4.91. The summed E-state index contributed by atoms with van der Waals surface area (Å²) in [6.07, 6.45) is 0.749. The number of aryl methyl sites for hydroxylation is 1. The van der Waals surface area contributed by atoms with E-state index in [1.165, 1.54) is 14.2 Å². The van der Waals surface area contributed by atoms with Gasteiger partial charge in [0.05, 0.1) is 31.9 Å². The van der Waals surface area contributed by atoms with Crippen LogP contribution < -0.4 is 5.32 Å². The quantitative estimate of drug-likeness (QED) is 0.810. The van der Waals surface area contributed by atoms with Gasteiger partial charge in [-0.1, -0.05) is 13.0 Å². The van der Waals surface area contributed by atoms with E-state index in [1.807, 2.05) is 6.92 Å². The van der Waals surface area contributed by atoms with E-state index in [-0.39, 0.29) is 24.3 Å². The number of amides is 1. The van der Waals surface area contributed by atoms with Crippen molar-refractivity contribution < 1.29 is 23.9 Å². The molecule has 0 radical (unpaired) electrons. The van der Waals surface area contributed by atoms with Crippen LogP contribution >= 0.6 is 0 Å². The molecule has 21 heavy (non-hydrogen) atoms. The SMILES string of the molecule is CCc1ccc(C(=O)OC)c(NC(=O)CCC(=O)OC)c1. The molecule has 0 atom stereocenters. The minimum Gasteiger partial charge on any atom is -0.469 e. The van der Waals surface area contributed by atoms with Gasteiger partial charge in [-0.3, -0.25) is 9.59 Å². The lowest BCUT2D eigenvalue weighted by atomic mass is 10.1. The smallest absolute Gasteiger partial charge is 0.339 e. The first-order chi connectivity index (χ1) is 10.0. The lowest BCUT2D eigenvalue weighted by Crippen LogP contribution is -2.17. The molecular formula is C15H19NO5. The Bertz CT molecular complexity index is 539. The molecule has 0 fully saturated rings. The van der Waals surface area contributed by atoms with Crippen LogP contribution in [0, 0.1) is 0 Å². The summed E-state index contributed by atoms with van der Waals surface area (Å²) >= 11 is 0. The van der Waals surface area contributed by atoms with Crippen LogP contribution in [0.3, 0.4) is 0 Å². The van der Waals surface area contributed by atoms with Gasteiger partial charge in [-0.05, 0) is 24.1 Å². The zero-order valence-electron chi connectivity index (χ0n) is 12.4. The second-order valence-corrected chi connectivity index (χ2v) is 4.35. The van der Waals surface area contributed by atoms with Crippen LogP contribution in [0.15, 0.2) is 18.2 Å². The molecule has 1 amide bonds. The van der Waals surface area contributed by atoms with Crippen molar-refractivity contribution >= 4 is 23.5 Å². The largest absolute Gasteiger partial charge is 0.469 e. The molecule has 0 unspecified atom stereocenters. The van der Waals surface area contributed by atoms with Crippen molar-refractivity contribution in [2.45, 2.75) is 26.2 Å². The summed E-state index contributed by atoms with van der Waals surface area (Å²) in [6, 6.07) is 5.14. The summed E-state index contributed by atoms with van der Waals surface area (Å²) in [7, 11) is 2.54. The topological polar surface area (TPSA) is 81.7 Å². The predicted molar refractivity (Wildman–Crippen MR) is 77.0 cm³/mol. The minimum absolute atomic E-state index is 0.0103. The van der Waals surface area contributed by atoms with E-state index < -0.39 is 11.9 Å². The van der Waals surface area contributed by atoms with Crippen molar-refractivity contribution in [3.63, 3.8) is 0 Å². The van der Waals surface area contributed by atoms with Crippen LogP contribution in [0.4, 0.5) is 5.69 Å². The fraction of sp³-hybridized carbons (Fsp3) is 0.400. The average Bonchev–Trinajstić information content (AvgIpc) is 2.51. The Balaban J connectivity index is 2.86. The Morgan fingerprint density at radius 2 is 1.81 bits per heavy atom. The standard InChI is InChI=1S/C15H19NO5/c1-4-10-5-6-11(15(19)21-3)12(9-10)16-13(17)7-8-14(18)20-2/h5-6,9H,4,7-8H2,1-3H3,(H,16,17). The van der Waals surface area contributed by atoms with Crippen LogP contribution in [-0.4, -0.2) is 32.1 Å². The highest BCUT2D eigenvalue weighted by atomic mass is 16.5. The van der Waals surface area contributed by atoms with Crippen LogP contribution in [0.25, 0.3) is 0 Å². The highest BCUT2D eigenvalue weighted by molar-refractivity contribution is 6.01. The number of benzene rings is 1. The van der Waals surface area contributed by atoms with Crippen molar-refractivity contribution in [3.05, 3.63) is 29.3 Å². The molecule has 114 valence electrons. The van der Waals surface area contributed by atoms with Gasteiger partial charge in [0.15, 0.2) is 0 Å². The minimum atomic E-state index is -0.527. The van der Waals surface area contributed by atoms with Crippen LogP contribution in [-0.2, 0) is 25.5 Å². The molecule has 1 aromatic carbocycles. The van der Waals surface area contributed by atoms with E-state index in [1.54, 1.807) is 18.2 Å². The third-order valence-electron chi connectivity index (χ3n) is 2.96. The molecule has 0 aromatic heterocycles. The number of carbonyl (C=O) groups excluding carboxylic acids is 3. The van der Waals surface area contributed by atoms with Crippen LogP contribution in [0.2, 0.25) is 0 Å². The fourth-order valence-corrected chi connectivity index (χ4v) is 1.73. The molecule has 0 aliphatic heterocycles. The van der Waals surface area contributed by atoms with Crippen molar-refractivity contribution in [1.29, 1.82) is 0 Å². The lowest BCUT2D eigenvalue weighted by molar-refractivity contribution is -0.141. The summed E-state index contributed by atoms with van der Waals surface area (Å²) in [5.74, 6) is -1.35. The van der Waals surface area contributed by atoms with E-state index in [0.717, 1.165) is 12.0 Å². The Morgan fingerprint density at radius 3 is 2.38 bits per heavy atom. The summed E-state index contributed by atoms with van der Waals surface area (Å²) < 4.78 is 9.16. The van der Waals surface area contributed by atoms with E-state index in [0.29, 0.717) is 5.69 Å². The molecule has 6 heteroatoms. The molecule has 1 N–H and O–H groups in total. The van der Waals surface area contributed by atoms with Gasteiger partial charge in [0, 0.05) is 6.42 Å². The average molecular weight is 293 g/mol. The number of anilines is 1. The summed E-state index contributed by atoms with van der Waals surface area (Å²) in [5.41, 5.74) is 1.64. The molecule has 0 saturated carbocycles. The first-order valence-corrected chi connectivity index (χ1v) is 6.59. The molecule has 0 heterocycles. The maximum Gasteiger partial charge on any atom is 0.339 e. The molecule has 0 spiro atoms. The Morgan fingerprint density at radius 1 is 1.10 bits per heavy atom. The maximum atomic E-state index is 11.8. The van der Waals surface area contributed by atoms with Crippen molar-refractivity contribution in [2.75, 3.05) is 19.5 Å². The predicted octanol–water partition coefficient (Wildman–Crippen LogP) is 1.93.